The fraction of sp³-hybridized carbons (Fsp3) is 0.357. The normalized spacial score (nSPS) is 11.8. The molecule has 0 unspecified atom stereocenters. The van der Waals surface area contributed by atoms with E-state index in [9.17, 15) is 13.2 Å². The highest BCUT2D eigenvalue weighted by Crippen LogP contribution is 2.30. The molecule has 0 amide bonds. The van der Waals surface area contributed by atoms with Crippen molar-refractivity contribution in [3.63, 3.8) is 0 Å². The number of benzene rings is 1. The number of nitrogens with zero attached hydrogens (tertiary/aromatic N) is 2. The maximum Gasteiger partial charge on any atom is 0.416 e. The van der Waals surface area contributed by atoms with E-state index >= 15 is 0 Å². The smallest absolute Gasteiger partial charge is 0.238 e. The van der Waals surface area contributed by atoms with Crippen molar-refractivity contribution in [3.8, 4) is 5.69 Å². The molecule has 2 rings (SSSR count). The number of alkyl halides is 4. The summed E-state index contributed by atoms with van der Waals surface area (Å²) in [5.74, 6) is 0. The molecule has 108 valence electrons. The van der Waals surface area contributed by atoms with Gasteiger partial charge in [-0.15, -0.1) is 0 Å². The van der Waals surface area contributed by atoms with Crippen LogP contribution in [0.3, 0.4) is 0 Å². The molecule has 0 radical (unpaired) electrons. The van der Waals surface area contributed by atoms with E-state index in [4.69, 9.17) is 0 Å². The molecule has 2 nitrogen and oxygen atoms in total. The van der Waals surface area contributed by atoms with Crippen LogP contribution in [-0.4, -0.2) is 9.78 Å². The van der Waals surface area contributed by atoms with Crippen LogP contribution in [0.15, 0.2) is 30.5 Å². The van der Waals surface area contributed by atoms with Crippen molar-refractivity contribution >= 4 is 15.9 Å². The summed E-state index contributed by atoms with van der Waals surface area (Å²) in [6.45, 7) is 2.06. The molecule has 6 heteroatoms. The molecule has 1 heterocycles. The highest BCUT2D eigenvalue weighted by atomic mass is 79.9. The van der Waals surface area contributed by atoms with E-state index in [1.165, 1.54) is 12.1 Å². The van der Waals surface area contributed by atoms with Crippen molar-refractivity contribution in [3.05, 3.63) is 47.3 Å². The second kappa shape index (κ2) is 5.99. The van der Waals surface area contributed by atoms with Crippen molar-refractivity contribution < 1.29 is 13.2 Å². The van der Waals surface area contributed by atoms with Gasteiger partial charge >= 0.3 is 6.18 Å². The van der Waals surface area contributed by atoms with Gasteiger partial charge in [-0.1, -0.05) is 29.3 Å². The molecule has 0 atom stereocenters. The van der Waals surface area contributed by atoms with E-state index < -0.39 is 11.7 Å². The average Bonchev–Trinajstić information content (AvgIpc) is 2.81. The van der Waals surface area contributed by atoms with Crippen molar-refractivity contribution in [2.45, 2.75) is 31.3 Å². The van der Waals surface area contributed by atoms with E-state index in [-0.39, 0.29) is 0 Å². The van der Waals surface area contributed by atoms with Crippen LogP contribution in [0.4, 0.5) is 13.2 Å². The van der Waals surface area contributed by atoms with Crippen molar-refractivity contribution in [2.24, 2.45) is 0 Å². The molecule has 0 fully saturated rings. The van der Waals surface area contributed by atoms with Crippen LogP contribution in [0.5, 0.6) is 0 Å². The van der Waals surface area contributed by atoms with Gasteiger partial charge in [-0.25, -0.2) is 4.68 Å². The van der Waals surface area contributed by atoms with Gasteiger partial charge in [0.05, 0.1) is 17.4 Å². The lowest BCUT2D eigenvalue weighted by Crippen LogP contribution is -2.07. The quantitative estimate of drug-likeness (QED) is 0.731. The Kier molecular flexibility index (Phi) is 4.52. The second-order valence-electron chi connectivity index (χ2n) is 4.46. The molecule has 20 heavy (non-hydrogen) atoms. The zero-order valence-corrected chi connectivity index (χ0v) is 12.5. The van der Waals surface area contributed by atoms with Crippen LogP contribution in [0.2, 0.25) is 0 Å². The molecule has 0 saturated heterocycles. The first-order chi connectivity index (χ1) is 9.47. The van der Waals surface area contributed by atoms with Crippen molar-refractivity contribution in [1.29, 1.82) is 0 Å². The average molecular weight is 347 g/mol. The summed E-state index contributed by atoms with van der Waals surface area (Å²) < 4.78 is 39.4. The SMILES string of the molecule is CCCc1c(CBr)cnn1-c1ccc(C(F)(F)F)cc1. The summed E-state index contributed by atoms with van der Waals surface area (Å²) in [6, 6.07) is 5.07. The lowest BCUT2D eigenvalue weighted by molar-refractivity contribution is -0.137. The van der Waals surface area contributed by atoms with E-state index in [0.717, 1.165) is 36.2 Å². The fourth-order valence-electron chi connectivity index (χ4n) is 2.04. The lowest BCUT2D eigenvalue weighted by atomic mass is 10.1. The van der Waals surface area contributed by atoms with Gasteiger partial charge in [-0.3, -0.25) is 0 Å². The number of aromatic nitrogens is 2. The van der Waals surface area contributed by atoms with E-state index in [1.54, 1.807) is 10.9 Å². The minimum atomic E-state index is -4.31. The Hall–Kier alpha value is -1.30. The first-order valence-corrected chi connectivity index (χ1v) is 7.39. The molecule has 1 aromatic heterocycles. The predicted octanol–water partition coefficient (Wildman–Crippen LogP) is 4.74. The van der Waals surface area contributed by atoms with Gasteiger partial charge < -0.3 is 0 Å². The van der Waals surface area contributed by atoms with Gasteiger partial charge in [0.25, 0.3) is 0 Å². The second-order valence-corrected chi connectivity index (χ2v) is 5.02. The Labute approximate surface area is 123 Å². The molecule has 0 N–H and O–H groups in total. The Balaban J connectivity index is 2.39. The molecular formula is C14H14BrF3N2. The summed E-state index contributed by atoms with van der Waals surface area (Å²) in [4.78, 5) is 0. The topological polar surface area (TPSA) is 17.8 Å². The molecule has 0 spiro atoms. The standard InChI is InChI=1S/C14H14BrF3N2/c1-2-3-13-10(8-15)9-19-20(13)12-6-4-11(5-7-12)14(16,17)18/h4-7,9H,2-3,8H2,1H3. The fourth-order valence-corrected chi connectivity index (χ4v) is 2.51. The number of rotatable bonds is 4. The van der Waals surface area contributed by atoms with Crippen LogP contribution >= 0.6 is 15.9 Å². The monoisotopic (exact) mass is 346 g/mol. The minimum Gasteiger partial charge on any atom is -0.238 e. The minimum absolute atomic E-state index is 0.647. The van der Waals surface area contributed by atoms with Gasteiger partial charge in [0.1, 0.15) is 0 Å². The number of halogens is 4. The first-order valence-electron chi connectivity index (χ1n) is 6.26. The maximum absolute atomic E-state index is 12.6. The summed E-state index contributed by atoms with van der Waals surface area (Å²) in [6.07, 6.45) is -0.776. The Morgan fingerprint density at radius 2 is 1.85 bits per heavy atom. The van der Waals surface area contributed by atoms with Gasteiger partial charge in [0, 0.05) is 16.6 Å². The van der Waals surface area contributed by atoms with Gasteiger partial charge in [0.2, 0.25) is 0 Å². The van der Waals surface area contributed by atoms with Gasteiger partial charge in [-0.05, 0) is 30.7 Å². The molecule has 0 bridgehead atoms. The first kappa shape index (κ1) is 15.1. The third-order valence-corrected chi connectivity index (χ3v) is 3.63. The summed E-state index contributed by atoms with van der Waals surface area (Å²) in [5, 5.41) is 4.96. The van der Waals surface area contributed by atoms with Crippen LogP contribution in [0.1, 0.15) is 30.2 Å². The zero-order valence-electron chi connectivity index (χ0n) is 10.9. The third kappa shape index (κ3) is 3.06. The van der Waals surface area contributed by atoms with Gasteiger partial charge in [0.15, 0.2) is 0 Å². The van der Waals surface area contributed by atoms with Crippen LogP contribution < -0.4 is 0 Å². The number of hydrogen-bond donors (Lipinski definition) is 0. The van der Waals surface area contributed by atoms with Crippen LogP contribution in [0.25, 0.3) is 5.69 Å². The molecule has 0 aliphatic heterocycles. The maximum atomic E-state index is 12.6. The van der Waals surface area contributed by atoms with E-state index in [1.807, 2.05) is 0 Å². The summed E-state index contributed by atoms with van der Waals surface area (Å²) >= 11 is 3.40. The lowest BCUT2D eigenvalue weighted by Gasteiger charge is -2.10. The molecule has 0 saturated carbocycles. The highest BCUT2D eigenvalue weighted by molar-refractivity contribution is 9.08. The molecule has 2 aromatic rings. The van der Waals surface area contributed by atoms with Crippen LogP contribution in [-0.2, 0) is 17.9 Å². The molecular weight excluding hydrogens is 333 g/mol. The zero-order chi connectivity index (χ0) is 14.8. The molecule has 1 aromatic carbocycles. The summed E-state index contributed by atoms with van der Waals surface area (Å²) in [7, 11) is 0. The van der Waals surface area contributed by atoms with E-state index in [0.29, 0.717) is 11.0 Å². The number of hydrogen-bond acceptors (Lipinski definition) is 1. The van der Waals surface area contributed by atoms with Crippen LogP contribution in [0, 0.1) is 0 Å². The molecule has 0 aliphatic carbocycles. The predicted molar refractivity (Wildman–Crippen MR) is 75.2 cm³/mol. The van der Waals surface area contributed by atoms with Crippen molar-refractivity contribution in [1.82, 2.24) is 9.78 Å². The Bertz CT molecular complexity index is 573. The Morgan fingerprint density at radius 1 is 1.20 bits per heavy atom. The highest BCUT2D eigenvalue weighted by Gasteiger charge is 2.30. The van der Waals surface area contributed by atoms with Crippen molar-refractivity contribution in [2.75, 3.05) is 0 Å². The molecule has 0 aliphatic rings. The van der Waals surface area contributed by atoms with E-state index in [2.05, 4.69) is 28.0 Å². The third-order valence-electron chi connectivity index (χ3n) is 3.03. The van der Waals surface area contributed by atoms with Gasteiger partial charge in [-0.2, -0.15) is 18.3 Å². The summed E-state index contributed by atoms with van der Waals surface area (Å²) in [5.41, 5.74) is 2.09. The largest absolute Gasteiger partial charge is 0.416 e. The Morgan fingerprint density at radius 3 is 2.35 bits per heavy atom.